The fourth-order valence-electron chi connectivity index (χ4n) is 3.69. The summed E-state index contributed by atoms with van der Waals surface area (Å²) < 4.78 is 2.03. The van der Waals surface area contributed by atoms with Crippen LogP contribution in [-0.4, -0.2) is 44.5 Å². The molecule has 27 heavy (non-hydrogen) atoms. The van der Waals surface area contributed by atoms with Crippen molar-refractivity contribution in [1.29, 1.82) is 0 Å². The molecule has 0 bridgehead atoms. The molecule has 0 radical (unpaired) electrons. The summed E-state index contributed by atoms with van der Waals surface area (Å²) in [5.41, 5.74) is 2.61. The zero-order valence-electron chi connectivity index (χ0n) is 15.1. The highest BCUT2D eigenvalue weighted by Crippen LogP contribution is 2.31. The molecule has 3 aromatic rings. The number of phenols is 1. The van der Waals surface area contributed by atoms with Gasteiger partial charge in [0.25, 0.3) is 11.8 Å². The van der Waals surface area contributed by atoms with Crippen molar-refractivity contribution < 1.29 is 14.7 Å². The van der Waals surface area contributed by atoms with Gasteiger partial charge in [-0.1, -0.05) is 0 Å². The molecule has 0 fully saturated rings. The van der Waals surface area contributed by atoms with Crippen molar-refractivity contribution in [2.24, 2.45) is 0 Å². The van der Waals surface area contributed by atoms with Crippen molar-refractivity contribution in [3.8, 4) is 5.75 Å². The van der Waals surface area contributed by atoms with Crippen LogP contribution in [0.5, 0.6) is 5.75 Å². The Morgan fingerprint density at radius 3 is 2.67 bits per heavy atom. The normalized spacial score (nSPS) is 16.2. The molecular formula is C20H20N4O3. The maximum Gasteiger partial charge on any atom is 0.254 e. The summed E-state index contributed by atoms with van der Waals surface area (Å²) in [7, 11) is 1.60. The van der Waals surface area contributed by atoms with Crippen LogP contribution in [0.3, 0.4) is 0 Å². The highest BCUT2D eigenvalue weighted by molar-refractivity contribution is 6.08. The van der Waals surface area contributed by atoms with Crippen molar-refractivity contribution >= 4 is 22.8 Å². The van der Waals surface area contributed by atoms with Crippen LogP contribution >= 0.6 is 0 Å². The predicted octanol–water partition coefficient (Wildman–Crippen LogP) is 2.15. The lowest BCUT2D eigenvalue weighted by atomic mass is 10.1. The Morgan fingerprint density at radius 2 is 1.96 bits per heavy atom. The van der Waals surface area contributed by atoms with E-state index in [4.69, 9.17) is 0 Å². The number of nitrogens with zero attached hydrogens (tertiary/aromatic N) is 3. The van der Waals surface area contributed by atoms with Gasteiger partial charge in [-0.3, -0.25) is 9.59 Å². The first-order chi connectivity index (χ1) is 13.0. The van der Waals surface area contributed by atoms with Crippen molar-refractivity contribution in [3.63, 3.8) is 0 Å². The lowest BCUT2D eigenvalue weighted by Gasteiger charge is -2.35. The number of rotatable bonds is 2. The van der Waals surface area contributed by atoms with Gasteiger partial charge < -0.3 is 19.9 Å². The standard InChI is InChI=1S/C20H20N4O3/c1-12-10-24-16(11-23(12)20(27)13-5-7-14(25)8-6-13)17(19(26)21-2)15-4-3-9-22-18(15)24/h3-9,12,25H,10-11H2,1-2H3,(H,21,26). The van der Waals surface area contributed by atoms with E-state index >= 15 is 0 Å². The summed E-state index contributed by atoms with van der Waals surface area (Å²) in [4.78, 5) is 31.8. The minimum Gasteiger partial charge on any atom is -0.508 e. The number of nitrogens with one attached hydrogen (secondary N) is 1. The van der Waals surface area contributed by atoms with Crippen LogP contribution in [0.1, 0.15) is 33.3 Å². The second kappa shape index (κ2) is 6.42. The Bertz CT molecular complexity index is 1040. The number of aromatic hydroxyl groups is 1. The molecule has 7 nitrogen and oxygen atoms in total. The van der Waals surface area contributed by atoms with E-state index in [2.05, 4.69) is 10.3 Å². The van der Waals surface area contributed by atoms with Crippen molar-refractivity contribution in [1.82, 2.24) is 19.8 Å². The number of fused-ring (bicyclic) bond motifs is 3. The lowest BCUT2D eigenvalue weighted by molar-refractivity contribution is 0.0615. The lowest BCUT2D eigenvalue weighted by Crippen LogP contribution is -2.45. The first kappa shape index (κ1) is 17.1. The average molecular weight is 364 g/mol. The van der Waals surface area contributed by atoms with Crippen molar-refractivity contribution in [2.75, 3.05) is 7.05 Å². The number of phenolic OH excluding ortho intramolecular Hbond substituents is 1. The van der Waals surface area contributed by atoms with Crippen molar-refractivity contribution in [2.45, 2.75) is 26.1 Å². The van der Waals surface area contributed by atoms with E-state index in [9.17, 15) is 14.7 Å². The topological polar surface area (TPSA) is 87.5 Å². The Balaban J connectivity index is 1.80. The van der Waals surface area contributed by atoms with Crippen LogP contribution in [-0.2, 0) is 13.1 Å². The number of hydrogen-bond acceptors (Lipinski definition) is 4. The van der Waals surface area contributed by atoms with Gasteiger partial charge in [-0.2, -0.15) is 0 Å². The first-order valence-corrected chi connectivity index (χ1v) is 8.79. The SMILES string of the molecule is CNC(=O)c1c2n(c3ncccc13)CC(C)N(C(=O)c1ccc(O)cc1)C2. The van der Waals surface area contributed by atoms with Crippen LogP contribution in [0.25, 0.3) is 11.0 Å². The van der Waals surface area contributed by atoms with Crippen LogP contribution in [0.4, 0.5) is 0 Å². The molecule has 0 spiro atoms. The molecule has 1 aliphatic rings. The molecule has 7 heteroatoms. The Kier molecular flexibility index (Phi) is 4.07. The van der Waals surface area contributed by atoms with Gasteiger partial charge in [0.2, 0.25) is 0 Å². The molecule has 0 saturated heterocycles. The molecule has 1 unspecified atom stereocenters. The largest absolute Gasteiger partial charge is 0.508 e. The fraction of sp³-hybridized carbons (Fsp3) is 0.250. The number of carbonyl (C=O) groups is 2. The van der Waals surface area contributed by atoms with E-state index < -0.39 is 0 Å². The summed E-state index contributed by atoms with van der Waals surface area (Å²) in [6.07, 6.45) is 1.71. The molecule has 1 aromatic carbocycles. The quantitative estimate of drug-likeness (QED) is 0.729. The molecule has 2 amide bonds. The third-order valence-corrected chi connectivity index (χ3v) is 5.05. The monoisotopic (exact) mass is 364 g/mol. The van der Waals surface area contributed by atoms with E-state index in [-0.39, 0.29) is 23.6 Å². The zero-order chi connectivity index (χ0) is 19.1. The van der Waals surface area contributed by atoms with Gasteiger partial charge in [-0.25, -0.2) is 4.98 Å². The van der Waals surface area contributed by atoms with E-state index in [1.54, 1.807) is 30.3 Å². The minimum atomic E-state index is -0.187. The molecule has 3 heterocycles. The molecule has 1 atom stereocenters. The van der Waals surface area contributed by atoms with Gasteiger partial charge in [0.15, 0.2) is 0 Å². The van der Waals surface area contributed by atoms with E-state index in [0.717, 1.165) is 16.7 Å². The van der Waals surface area contributed by atoms with Crippen molar-refractivity contribution in [3.05, 3.63) is 59.4 Å². The third kappa shape index (κ3) is 2.71. The van der Waals surface area contributed by atoms with Crippen LogP contribution in [0.2, 0.25) is 0 Å². The third-order valence-electron chi connectivity index (χ3n) is 5.05. The fourth-order valence-corrected chi connectivity index (χ4v) is 3.69. The number of benzene rings is 1. The molecular weight excluding hydrogens is 344 g/mol. The van der Waals surface area contributed by atoms with Crippen LogP contribution in [0.15, 0.2) is 42.6 Å². The van der Waals surface area contributed by atoms with Gasteiger partial charge in [0, 0.05) is 36.8 Å². The van der Waals surface area contributed by atoms with Crippen LogP contribution in [0, 0.1) is 0 Å². The van der Waals surface area contributed by atoms with Gasteiger partial charge >= 0.3 is 0 Å². The average Bonchev–Trinajstić information content (AvgIpc) is 3.00. The maximum absolute atomic E-state index is 13.0. The molecule has 4 rings (SSSR count). The van der Waals surface area contributed by atoms with Gasteiger partial charge in [-0.05, 0) is 43.3 Å². The maximum atomic E-state index is 13.0. The molecule has 0 aliphatic carbocycles. The number of aromatic nitrogens is 2. The van der Waals surface area contributed by atoms with E-state index in [1.165, 1.54) is 12.1 Å². The van der Waals surface area contributed by atoms with E-state index in [0.29, 0.717) is 24.2 Å². The molecule has 2 N–H and O–H groups in total. The smallest absolute Gasteiger partial charge is 0.254 e. The Morgan fingerprint density at radius 1 is 1.22 bits per heavy atom. The zero-order valence-corrected chi connectivity index (χ0v) is 15.1. The van der Waals surface area contributed by atoms with Gasteiger partial charge in [0.1, 0.15) is 11.4 Å². The second-order valence-corrected chi connectivity index (χ2v) is 6.71. The number of carbonyl (C=O) groups excluding carboxylic acids is 2. The summed E-state index contributed by atoms with van der Waals surface area (Å²) in [5.74, 6) is -0.200. The highest BCUT2D eigenvalue weighted by atomic mass is 16.3. The number of hydrogen-bond donors (Lipinski definition) is 2. The highest BCUT2D eigenvalue weighted by Gasteiger charge is 2.33. The second-order valence-electron chi connectivity index (χ2n) is 6.71. The van der Waals surface area contributed by atoms with E-state index in [1.807, 2.05) is 23.6 Å². The predicted molar refractivity (Wildman–Crippen MR) is 101 cm³/mol. The number of amides is 2. The summed E-state index contributed by atoms with van der Waals surface area (Å²) >= 11 is 0. The summed E-state index contributed by atoms with van der Waals surface area (Å²) in [5, 5.41) is 12.9. The molecule has 2 aromatic heterocycles. The molecule has 138 valence electrons. The minimum absolute atomic E-state index is 0.0612. The van der Waals surface area contributed by atoms with Gasteiger partial charge in [-0.15, -0.1) is 0 Å². The Hall–Kier alpha value is -3.35. The number of pyridine rings is 1. The van der Waals surface area contributed by atoms with Crippen LogP contribution < -0.4 is 5.32 Å². The summed E-state index contributed by atoms with van der Waals surface area (Å²) in [6, 6.07) is 9.84. The summed E-state index contributed by atoms with van der Waals surface area (Å²) in [6.45, 7) is 2.86. The molecule has 0 saturated carbocycles. The first-order valence-electron chi connectivity index (χ1n) is 8.79. The van der Waals surface area contributed by atoms with Gasteiger partial charge in [0.05, 0.1) is 17.8 Å². The molecule has 1 aliphatic heterocycles. The Labute approximate surface area is 156 Å².